The van der Waals surface area contributed by atoms with Gasteiger partial charge in [0, 0.05) is 24.5 Å². The minimum absolute atomic E-state index is 0.658. The van der Waals surface area contributed by atoms with Gasteiger partial charge < -0.3 is 10.2 Å². The molecule has 1 aliphatic rings. The maximum atomic E-state index is 4.40. The Kier molecular flexibility index (Phi) is 4.51. The SMILES string of the molecule is CC(C)CNCc1ccc(N2CCc3sccc3C2)nn1. The van der Waals surface area contributed by atoms with Crippen LogP contribution in [0.3, 0.4) is 0 Å². The Balaban J connectivity index is 1.60. The van der Waals surface area contributed by atoms with Crippen LogP contribution in [0.25, 0.3) is 0 Å². The normalized spacial score (nSPS) is 14.5. The lowest BCUT2D eigenvalue weighted by molar-refractivity contribution is 0.546. The molecule has 0 unspecified atom stereocenters. The highest BCUT2D eigenvalue weighted by atomic mass is 32.1. The highest BCUT2D eigenvalue weighted by molar-refractivity contribution is 7.10. The van der Waals surface area contributed by atoms with Gasteiger partial charge in [-0.2, -0.15) is 5.10 Å². The largest absolute Gasteiger partial charge is 0.350 e. The first-order valence-electron chi connectivity index (χ1n) is 7.56. The van der Waals surface area contributed by atoms with Gasteiger partial charge in [0.1, 0.15) is 0 Å². The van der Waals surface area contributed by atoms with Crippen molar-refractivity contribution in [2.45, 2.75) is 33.4 Å². The van der Waals surface area contributed by atoms with Gasteiger partial charge in [0.05, 0.1) is 5.69 Å². The van der Waals surface area contributed by atoms with Crippen molar-refractivity contribution in [2.24, 2.45) is 5.92 Å². The molecular weight excluding hydrogens is 280 g/mol. The zero-order valence-corrected chi connectivity index (χ0v) is 13.5. The lowest BCUT2D eigenvalue weighted by Gasteiger charge is -2.27. The van der Waals surface area contributed by atoms with Gasteiger partial charge in [-0.1, -0.05) is 13.8 Å². The highest BCUT2D eigenvalue weighted by Crippen LogP contribution is 2.26. The summed E-state index contributed by atoms with van der Waals surface area (Å²) in [6.45, 7) is 8.20. The van der Waals surface area contributed by atoms with E-state index >= 15 is 0 Å². The summed E-state index contributed by atoms with van der Waals surface area (Å²) < 4.78 is 0. The number of rotatable bonds is 5. The van der Waals surface area contributed by atoms with Crippen LogP contribution in [-0.4, -0.2) is 23.3 Å². The van der Waals surface area contributed by atoms with Gasteiger partial charge in [-0.15, -0.1) is 16.4 Å². The monoisotopic (exact) mass is 302 g/mol. The van der Waals surface area contributed by atoms with Gasteiger partial charge in [-0.25, -0.2) is 0 Å². The smallest absolute Gasteiger partial charge is 0.151 e. The fourth-order valence-electron chi connectivity index (χ4n) is 2.55. The number of nitrogens with one attached hydrogen (secondary N) is 1. The van der Waals surface area contributed by atoms with Crippen molar-refractivity contribution in [1.82, 2.24) is 15.5 Å². The van der Waals surface area contributed by atoms with Crippen LogP contribution in [0.5, 0.6) is 0 Å². The van der Waals surface area contributed by atoms with E-state index in [4.69, 9.17) is 0 Å². The Labute approximate surface area is 130 Å². The van der Waals surface area contributed by atoms with Crippen LogP contribution >= 0.6 is 11.3 Å². The molecule has 2 aromatic heterocycles. The average molecular weight is 302 g/mol. The molecular formula is C16H22N4S. The minimum Gasteiger partial charge on any atom is -0.350 e. The van der Waals surface area contributed by atoms with Crippen molar-refractivity contribution < 1.29 is 0 Å². The van der Waals surface area contributed by atoms with Gasteiger partial charge in [-0.05, 0) is 48.0 Å². The average Bonchev–Trinajstić information content (AvgIpc) is 2.95. The van der Waals surface area contributed by atoms with Crippen molar-refractivity contribution in [3.05, 3.63) is 39.7 Å². The van der Waals surface area contributed by atoms with E-state index in [0.29, 0.717) is 5.92 Å². The molecule has 0 fully saturated rings. The molecule has 0 radical (unpaired) electrons. The van der Waals surface area contributed by atoms with E-state index in [1.807, 2.05) is 11.3 Å². The molecule has 3 heterocycles. The Hall–Kier alpha value is -1.46. The molecule has 0 spiro atoms. The Morgan fingerprint density at radius 1 is 1.29 bits per heavy atom. The second-order valence-electron chi connectivity index (χ2n) is 5.95. The zero-order chi connectivity index (χ0) is 14.7. The summed E-state index contributed by atoms with van der Waals surface area (Å²) in [6, 6.07) is 6.40. The number of nitrogens with zero attached hydrogens (tertiary/aromatic N) is 3. The molecule has 1 aliphatic heterocycles. The number of hydrogen-bond acceptors (Lipinski definition) is 5. The van der Waals surface area contributed by atoms with Crippen LogP contribution in [0.4, 0.5) is 5.82 Å². The zero-order valence-electron chi connectivity index (χ0n) is 12.7. The third kappa shape index (κ3) is 3.60. The molecule has 2 aromatic rings. The second kappa shape index (κ2) is 6.54. The molecule has 112 valence electrons. The van der Waals surface area contributed by atoms with Crippen LogP contribution in [0.2, 0.25) is 0 Å². The van der Waals surface area contributed by atoms with Gasteiger partial charge in [-0.3, -0.25) is 0 Å². The first-order chi connectivity index (χ1) is 10.2. The Morgan fingerprint density at radius 2 is 2.19 bits per heavy atom. The van der Waals surface area contributed by atoms with E-state index in [0.717, 1.165) is 44.1 Å². The number of anilines is 1. The molecule has 0 aliphatic carbocycles. The van der Waals surface area contributed by atoms with Gasteiger partial charge in [0.2, 0.25) is 0 Å². The third-order valence-electron chi connectivity index (χ3n) is 3.70. The predicted octanol–water partition coefficient (Wildman–Crippen LogP) is 2.85. The van der Waals surface area contributed by atoms with Crippen molar-refractivity contribution in [1.29, 1.82) is 0 Å². The maximum Gasteiger partial charge on any atom is 0.151 e. The summed E-state index contributed by atoms with van der Waals surface area (Å²) in [7, 11) is 0. The number of thiophene rings is 1. The van der Waals surface area contributed by atoms with Crippen molar-refractivity contribution >= 4 is 17.2 Å². The number of aromatic nitrogens is 2. The Morgan fingerprint density at radius 3 is 2.95 bits per heavy atom. The van der Waals surface area contributed by atoms with Crippen LogP contribution in [0, 0.1) is 5.92 Å². The van der Waals surface area contributed by atoms with Gasteiger partial charge in [0.15, 0.2) is 5.82 Å². The van der Waals surface area contributed by atoms with Crippen LogP contribution in [-0.2, 0) is 19.5 Å². The van der Waals surface area contributed by atoms with E-state index in [1.165, 1.54) is 10.4 Å². The fourth-order valence-corrected chi connectivity index (χ4v) is 3.44. The molecule has 0 saturated carbocycles. The molecule has 1 N–H and O–H groups in total. The van der Waals surface area contributed by atoms with Crippen LogP contribution in [0.1, 0.15) is 30.0 Å². The lowest BCUT2D eigenvalue weighted by atomic mass is 10.1. The summed E-state index contributed by atoms with van der Waals surface area (Å²) in [6.07, 6.45) is 1.12. The quantitative estimate of drug-likeness (QED) is 0.922. The third-order valence-corrected chi connectivity index (χ3v) is 4.72. The van der Waals surface area contributed by atoms with Crippen molar-refractivity contribution in [2.75, 3.05) is 18.0 Å². The second-order valence-corrected chi connectivity index (χ2v) is 6.95. The molecule has 21 heavy (non-hydrogen) atoms. The molecule has 0 bridgehead atoms. The number of hydrogen-bond donors (Lipinski definition) is 1. The fraction of sp³-hybridized carbons (Fsp3) is 0.500. The summed E-state index contributed by atoms with van der Waals surface area (Å²) in [5, 5.41) is 14.3. The molecule has 4 nitrogen and oxygen atoms in total. The lowest BCUT2D eigenvalue weighted by Crippen LogP contribution is -2.30. The van der Waals surface area contributed by atoms with E-state index in [-0.39, 0.29) is 0 Å². The van der Waals surface area contributed by atoms with Crippen LogP contribution < -0.4 is 10.2 Å². The Bertz CT molecular complexity index is 576. The predicted molar refractivity (Wildman–Crippen MR) is 87.6 cm³/mol. The molecule has 0 amide bonds. The van der Waals surface area contributed by atoms with Gasteiger partial charge >= 0.3 is 0 Å². The first kappa shape index (κ1) is 14.5. The molecule has 0 atom stereocenters. The van der Waals surface area contributed by atoms with E-state index < -0.39 is 0 Å². The standard InChI is InChI=1S/C16H22N4S/c1-12(2)9-17-10-14-3-4-16(19-18-14)20-7-5-15-13(11-20)6-8-21-15/h3-4,6,8,12,17H,5,7,9-11H2,1-2H3. The summed E-state index contributed by atoms with van der Waals surface area (Å²) in [5.74, 6) is 1.64. The topological polar surface area (TPSA) is 41.0 Å². The molecule has 5 heteroatoms. The molecule has 0 aromatic carbocycles. The summed E-state index contributed by atoms with van der Waals surface area (Å²) in [5.41, 5.74) is 2.45. The minimum atomic E-state index is 0.658. The first-order valence-corrected chi connectivity index (χ1v) is 8.44. The van der Waals surface area contributed by atoms with Crippen molar-refractivity contribution in [3.8, 4) is 0 Å². The van der Waals surface area contributed by atoms with Crippen molar-refractivity contribution in [3.63, 3.8) is 0 Å². The van der Waals surface area contributed by atoms with Gasteiger partial charge in [0.25, 0.3) is 0 Å². The van der Waals surface area contributed by atoms with E-state index in [2.05, 4.69) is 57.8 Å². The van der Waals surface area contributed by atoms with E-state index in [1.54, 1.807) is 0 Å². The summed E-state index contributed by atoms with van der Waals surface area (Å²) >= 11 is 1.87. The number of fused-ring (bicyclic) bond motifs is 1. The maximum absolute atomic E-state index is 4.40. The molecule has 0 saturated heterocycles. The van der Waals surface area contributed by atoms with E-state index in [9.17, 15) is 0 Å². The van der Waals surface area contributed by atoms with Crippen LogP contribution in [0.15, 0.2) is 23.6 Å². The highest BCUT2D eigenvalue weighted by Gasteiger charge is 2.18. The summed E-state index contributed by atoms with van der Waals surface area (Å²) in [4.78, 5) is 3.83. The molecule has 3 rings (SSSR count).